The molecule has 132 valence electrons. The normalized spacial score (nSPS) is 11.2. The van der Waals surface area contributed by atoms with Gasteiger partial charge >= 0.3 is 0 Å². The van der Waals surface area contributed by atoms with Crippen LogP contribution < -0.4 is 5.32 Å². The van der Waals surface area contributed by atoms with Crippen molar-refractivity contribution in [2.45, 2.75) is 18.2 Å². The summed E-state index contributed by atoms with van der Waals surface area (Å²) in [4.78, 5) is 22.9. The maximum atomic E-state index is 12.4. The summed E-state index contributed by atoms with van der Waals surface area (Å²) in [7, 11) is -3.50. The summed E-state index contributed by atoms with van der Waals surface area (Å²) in [6, 6.07) is 8.14. The number of nitrogens with one attached hydrogen (secondary N) is 1. The molecule has 0 saturated heterocycles. The third kappa shape index (κ3) is 4.34. The molecule has 1 N–H and O–H groups in total. The number of amides is 1. The highest BCUT2D eigenvalue weighted by Crippen LogP contribution is 2.26. The van der Waals surface area contributed by atoms with E-state index in [2.05, 4.69) is 5.32 Å². The summed E-state index contributed by atoms with van der Waals surface area (Å²) in [5.74, 6) is -0.658. The van der Waals surface area contributed by atoms with Crippen LogP contribution in [0.15, 0.2) is 41.3 Å². The first kappa shape index (κ1) is 18.9. The van der Waals surface area contributed by atoms with E-state index in [1.807, 2.05) is 0 Å². The van der Waals surface area contributed by atoms with E-state index in [0.29, 0.717) is 12.0 Å². The number of halogens is 1. The summed E-state index contributed by atoms with van der Waals surface area (Å²) < 4.78 is 23.2. The minimum absolute atomic E-state index is 0.0354. The van der Waals surface area contributed by atoms with Crippen LogP contribution >= 0.6 is 11.6 Å². The standard InChI is InChI=1S/C16H15ClN2O5S/c1-3-10-4-5-11(8-15(10)19(21)22)18-16(20)13-9-12(25(2,23)24)6-7-14(13)17/h4-9H,3H2,1-2H3,(H,18,20). The number of nitrogens with zero attached hydrogens (tertiary/aromatic N) is 1. The first-order valence-corrected chi connectivity index (χ1v) is 9.48. The van der Waals surface area contributed by atoms with Crippen LogP contribution in [-0.4, -0.2) is 25.5 Å². The molecule has 2 rings (SSSR count). The lowest BCUT2D eigenvalue weighted by molar-refractivity contribution is -0.385. The lowest BCUT2D eigenvalue weighted by Gasteiger charge is -2.09. The third-order valence-electron chi connectivity index (χ3n) is 3.53. The highest BCUT2D eigenvalue weighted by Gasteiger charge is 2.18. The Morgan fingerprint density at radius 3 is 2.48 bits per heavy atom. The predicted molar refractivity (Wildman–Crippen MR) is 95.0 cm³/mol. The topological polar surface area (TPSA) is 106 Å². The number of rotatable bonds is 5. The van der Waals surface area contributed by atoms with Crippen molar-refractivity contribution in [2.75, 3.05) is 11.6 Å². The average molecular weight is 383 g/mol. The van der Waals surface area contributed by atoms with Gasteiger partial charge in [0.05, 0.1) is 20.4 Å². The smallest absolute Gasteiger partial charge is 0.274 e. The molecule has 2 aromatic carbocycles. The first-order chi connectivity index (χ1) is 11.6. The van der Waals surface area contributed by atoms with E-state index in [1.165, 1.54) is 30.3 Å². The highest BCUT2D eigenvalue weighted by molar-refractivity contribution is 7.90. The van der Waals surface area contributed by atoms with Gasteiger partial charge in [-0.1, -0.05) is 24.6 Å². The molecule has 0 heterocycles. The van der Waals surface area contributed by atoms with Crippen molar-refractivity contribution in [3.63, 3.8) is 0 Å². The van der Waals surface area contributed by atoms with Gasteiger partial charge in [0.1, 0.15) is 0 Å². The molecule has 9 heteroatoms. The zero-order valence-corrected chi connectivity index (χ0v) is 15.0. The maximum Gasteiger partial charge on any atom is 0.274 e. The SMILES string of the molecule is CCc1ccc(NC(=O)c2cc(S(C)(=O)=O)ccc2Cl)cc1[N+](=O)[O-]. The second kappa shape index (κ2) is 7.20. The Bertz CT molecular complexity index is 957. The Morgan fingerprint density at radius 1 is 1.24 bits per heavy atom. The molecule has 0 fully saturated rings. The Kier molecular flexibility index (Phi) is 5.44. The van der Waals surface area contributed by atoms with Crippen LogP contribution in [0.4, 0.5) is 11.4 Å². The number of hydrogen-bond donors (Lipinski definition) is 1. The number of carbonyl (C=O) groups excluding carboxylic acids is 1. The van der Waals surface area contributed by atoms with Crippen LogP contribution in [0, 0.1) is 10.1 Å². The summed E-state index contributed by atoms with van der Waals surface area (Å²) in [5.41, 5.74) is 0.623. The summed E-state index contributed by atoms with van der Waals surface area (Å²) in [6.45, 7) is 1.79. The Balaban J connectivity index is 2.38. The van der Waals surface area contributed by atoms with E-state index in [1.54, 1.807) is 13.0 Å². The number of nitro groups is 1. The molecule has 0 aliphatic rings. The van der Waals surface area contributed by atoms with Crippen LogP contribution in [-0.2, 0) is 16.3 Å². The van der Waals surface area contributed by atoms with Crippen molar-refractivity contribution in [1.29, 1.82) is 0 Å². The lowest BCUT2D eigenvalue weighted by atomic mass is 10.1. The van der Waals surface area contributed by atoms with Crippen LogP contribution in [0.25, 0.3) is 0 Å². The first-order valence-electron chi connectivity index (χ1n) is 7.21. The van der Waals surface area contributed by atoms with Gasteiger partial charge in [-0.2, -0.15) is 0 Å². The lowest BCUT2D eigenvalue weighted by Crippen LogP contribution is -2.14. The molecule has 0 radical (unpaired) electrons. The van der Waals surface area contributed by atoms with Crippen molar-refractivity contribution < 1.29 is 18.1 Å². The molecule has 0 unspecified atom stereocenters. The number of nitro benzene ring substituents is 1. The van der Waals surface area contributed by atoms with Gasteiger partial charge in [-0.15, -0.1) is 0 Å². The fourth-order valence-electron chi connectivity index (χ4n) is 2.22. The molecule has 0 aromatic heterocycles. The van der Waals surface area contributed by atoms with Gasteiger partial charge in [-0.3, -0.25) is 14.9 Å². The van der Waals surface area contributed by atoms with Gasteiger partial charge in [0.2, 0.25) is 0 Å². The third-order valence-corrected chi connectivity index (χ3v) is 4.97. The molecule has 25 heavy (non-hydrogen) atoms. The van der Waals surface area contributed by atoms with E-state index in [4.69, 9.17) is 11.6 Å². The fraction of sp³-hybridized carbons (Fsp3) is 0.188. The second-order valence-corrected chi connectivity index (χ2v) is 7.75. The number of sulfone groups is 1. The minimum atomic E-state index is -3.50. The van der Waals surface area contributed by atoms with Crippen LogP contribution in [0.3, 0.4) is 0 Å². The van der Waals surface area contributed by atoms with Gasteiger partial charge in [-0.25, -0.2) is 8.42 Å². The molecule has 1 amide bonds. The van der Waals surface area contributed by atoms with E-state index >= 15 is 0 Å². The summed E-state index contributed by atoms with van der Waals surface area (Å²) >= 11 is 5.97. The van der Waals surface area contributed by atoms with Gasteiger partial charge < -0.3 is 5.32 Å². The maximum absolute atomic E-state index is 12.4. The Labute approximate surface area is 149 Å². The van der Waals surface area contributed by atoms with Crippen molar-refractivity contribution in [3.8, 4) is 0 Å². The summed E-state index contributed by atoms with van der Waals surface area (Å²) in [6.07, 6.45) is 1.50. The number of anilines is 1. The van der Waals surface area contributed by atoms with Gasteiger partial charge in [-0.05, 0) is 30.7 Å². The van der Waals surface area contributed by atoms with E-state index in [-0.39, 0.29) is 26.9 Å². The largest absolute Gasteiger partial charge is 0.322 e. The molecule has 7 nitrogen and oxygen atoms in total. The van der Waals surface area contributed by atoms with Crippen LogP contribution in [0.5, 0.6) is 0 Å². The van der Waals surface area contributed by atoms with Crippen LogP contribution in [0.2, 0.25) is 5.02 Å². The number of aryl methyl sites for hydroxylation is 1. The average Bonchev–Trinajstić information content (AvgIpc) is 2.53. The molecule has 0 aliphatic heterocycles. The second-order valence-electron chi connectivity index (χ2n) is 5.32. The fourth-order valence-corrected chi connectivity index (χ4v) is 3.07. The number of benzene rings is 2. The highest BCUT2D eigenvalue weighted by atomic mass is 35.5. The van der Waals surface area contributed by atoms with E-state index < -0.39 is 20.7 Å². The monoisotopic (exact) mass is 382 g/mol. The van der Waals surface area contributed by atoms with Crippen molar-refractivity contribution in [1.82, 2.24) is 0 Å². The predicted octanol–water partition coefficient (Wildman–Crippen LogP) is 3.47. The molecular weight excluding hydrogens is 368 g/mol. The van der Waals surface area contributed by atoms with Crippen molar-refractivity contribution in [2.24, 2.45) is 0 Å². The Morgan fingerprint density at radius 2 is 1.92 bits per heavy atom. The minimum Gasteiger partial charge on any atom is -0.322 e. The molecule has 0 bridgehead atoms. The molecule has 0 aliphatic carbocycles. The van der Waals surface area contributed by atoms with E-state index in [0.717, 1.165) is 6.26 Å². The molecule has 0 spiro atoms. The van der Waals surface area contributed by atoms with Gasteiger partial charge in [0, 0.05) is 23.6 Å². The quantitative estimate of drug-likeness (QED) is 0.629. The van der Waals surface area contributed by atoms with Crippen molar-refractivity contribution in [3.05, 3.63) is 62.7 Å². The molecular formula is C16H15ClN2O5S. The molecule has 2 aromatic rings. The molecule has 0 saturated carbocycles. The zero-order valence-electron chi connectivity index (χ0n) is 13.4. The number of carbonyl (C=O) groups is 1. The van der Waals surface area contributed by atoms with E-state index in [9.17, 15) is 23.3 Å². The van der Waals surface area contributed by atoms with Crippen LogP contribution in [0.1, 0.15) is 22.8 Å². The Hall–Kier alpha value is -2.45. The van der Waals surface area contributed by atoms with Crippen molar-refractivity contribution >= 4 is 38.7 Å². The number of hydrogen-bond acceptors (Lipinski definition) is 5. The van der Waals surface area contributed by atoms with Gasteiger partial charge in [0.15, 0.2) is 9.84 Å². The summed E-state index contributed by atoms with van der Waals surface area (Å²) in [5, 5.41) is 13.7. The van der Waals surface area contributed by atoms with Gasteiger partial charge in [0.25, 0.3) is 11.6 Å². The molecule has 0 atom stereocenters. The zero-order chi connectivity index (χ0) is 18.8.